The van der Waals surface area contributed by atoms with Crippen LogP contribution in [-0.2, 0) is 0 Å². The van der Waals surface area contributed by atoms with Gasteiger partial charge in [0.15, 0.2) is 0 Å². The molecule has 0 aliphatic heterocycles. The Morgan fingerprint density at radius 1 is 1.42 bits per heavy atom. The summed E-state index contributed by atoms with van der Waals surface area (Å²) in [5.74, 6) is 0. The van der Waals surface area contributed by atoms with Crippen LogP contribution in [-0.4, -0.2) is 11.2 Å². The maximum absolute atomic E-state index is 9.24. The van der Waals surface area contributed by atoms with Crippen LogP contribution in [0.5, 0.6) is 0 Å². The molecule has 0 unspecified atom stereocenters. The van der Waals surface area contributed by atoms with Crippen molar-refractivity contribution in [2.75, 3.05) is 0 Å². The fourth-order valence-electron chi connectivity index (χ4n) is 1.03. The SMILES string of the molecule is C[C@H](O)[C@@H](N)c1ccccc1S. The molecule has 2 atom stereocenters. The summed E-state index contributed by atoms with van der Waals surface area (Å²) in [7, 11) is 0. The number of hydrogen-bond donors (Lipinski definition) is 3. The van der Waals surface area contributed by atoms with Crippen LogP contribution in [0, 0.1) is 0 Å². The first-order chi connectivity index (χ1) is 5.63. The van der Waals surface area contributed by atoms with Crippen molar-refractivity contribution in [3.05, 3.63) is 29.8 Å². The van der Waals surface area contributed by atoms with Crippen molar-refractivity contribution in [1.82, 2.24) is 0 Å². The van der Waals surface area contributed by atoms with Crippen molar-refractivity contribution in [1.29, 1.82) is 0 Å². The number of thiol groups is 1. The van der Waals surface area contributed by atoms with E-state index in [4.69, 9.17) is 5.73 Å². The summed E-state index contributed by atoms with van der Waals surface area (Å²) in [4.78, 5) is 0.825. The molecular formula is C9H13NOS. The van der Waals surface area contributed by atoms with Crippen LogP contribution in [0.15, 0.2) is 29.2 Å². The molecule has 0 saturated heterocycles. The monoisotopic (exact) mass is 183 g/mol. The highest BCUT2D eigenvalue weighted by Crippen LogP contribution is 2.21. The molecule has 0 fully saturated rings. The van der Waals surface area contributed by atoms with Crippen molar-refractivity contribution < 1.29 is 5.11 Å². The van der Waals surface area contributed by atoms with Crippen molar-refractivity contribution >= 4 is 12.6 Å². The lowest BCUT2D eigenvalue weighted by molar-refractivity contribution is 0.163. The molecule has 0 saturated carbocycles. The van der Waals surface area contributed by atoms with E-state index < -0.39 is 6.10 Å². The molecule has 3 N–H and O–H groups in total. The first kappa shape index (κ1) is 9.58. The number of benzene rings is 1. The highest BCUT2D eigenvalue weighted by atomic mass is 32.1. The Morgan fingerprint density at radius 3 is 2.50 bits per heavy atom. The van der Waals surface area contributed by atoms with Crippen molar-refractivity contribution in [2.45, 2.75) is 24.0 Å². The Hall–Kier alpha value is -0.510. The zero-order valence-electron chi connectivity index (χ0n) is 6.94. The predicted molar refractivity (Wildman–Crippen MR) is 52.3 cm³/mol. The number of aliphatic hydroxyl groups is 1. The van der Waals surface area contributed by atoms with Gasteiger partial charge in [-0.25, -0.2) is 0 Å². The van der Waals surface area contributed by atoms with Gasteiger partial charge in [0.25, 0.3) is 0 Å². The Kier molecular flexibility index (Phi) is 3.14. The smallest absolute Gasteiger partial charge is 0.0705 e. The van der Waals surface area contributed by atoms with Gasteiger partial charge in [0.1, 0.15) is 0 Å². The second kappa shape index (κ2) is 3.94. The fourth-order valence-corrected chi connectivity index (χ4v) is 1.34. The summed E-state index contributed by atoms with van der Waals surface area (Å²) in [6.45, 7) is 1.67. The molecule has 66 valence electrons. The van der Waals surface area contributed by atoms with Crippen LogP contribution in [0.25, 0.3) is 0 Å². The van der Waals surface area contributed by atoms with Crippen LogP contribution < -0.4 is 5.73 Å². The van der Waals surface area contributed by atoms with Gasteiger partial charge in [-0.1, -0.05) is 18.2 Å². The standard InChI is InChI=1S/C9H13NOS/c1-6(11)9(10)7-4-2-3-5-8(7)12/h2-6,9,11-12H,10H2,1H3/t6-,9+/m0/s1. The van der Waals surface area contributed by atoms with Gasteiger partial charge in [-0.2, -0.15) is 0 Å². The Morgan fingerprint density at radius 2 is 2.00 bits per heavy atom. The molecular weight excluding hydrogens is 170 g/mol. The average molecular weight is 183 g/mol. The summed E-state index contributed by atoms with van der Waals surface area (Å²) in [6, 6.07) is 7.16. The van der Waals surface area contributed by atoms with E-state index in [1.165, 1.54) is 0 Å². The number of rotatable bonds is 2. The van der Waals surface area contributed by atoms with E-state index in [9.17, 15) is 5.11 Å². The van der Waals surface area contributed by atoms with Gasteiger partial charge in [0.05, 0.1) is 12.1 Å². The van der Waals surface area contributed by atoms with Crippen LogP contribution >= 0.6 is 12.6 Å². The molecule has 2 nitrogen and oxygen atoms in total. The van der Waals surface area contributed by atoms with Gasteiger partial charge in [-0.05, 0) is 18.6 Å². The molecule has 0 aliphatic rings. The second-order valence-corrected chi connectivity index (χ2v) is 3.31. The predicted octanol–water partition coefficient (Wildman–Crippen LogP) is 1.36. The Labute approximate surface area is 77.8 Å². The second-order valence-electron chi connectivity index (χ2n) is 2.83. The Bertz CT molecular complexity index is 262. The largest absolute Gasteiger partial charge is 0.391 e. The molecule has 3 heteroatoms. The lowest BCUT2D eigenvalue weighted by Gasteiger charge is -2.16. The van der Waals surface area contributed by atoms with Crippen LogP contribution in [0.1, 0.15) is 18.5 Å². The van der Waals surface area contributed by atoms with E-state index in [1.54, 1.807) is 6.92 Å². The lowest BCUT2D eigenvalue weighted by atomic mass is 10.0. The van der Waals surface area contributed by atoms with E-state index >= 15 is 0 Å². The molecule has 0 aromatic heterocycles. The number of aliphatic hydroxyl groups excluding tert-OH is 1. The minimum atomic E-state index is -0.543. The third-order valence-corrected chi connectivity index (χ3v) is 2.22. The molecule has 1 aromatic rings. The van der Waals surface area contributed by atoms with Gasteiger partial charge in [0.2, 0.25) is 0 Å². The maximum atomic E-state index is 9.24. The van der Waals surface area contributed by atoms with Crippen molar-refractivity contribution in [2.24, 2.45) is 5.73 Å². The van der Waals surface area contributed by atoms with E-state index in [1.807, 2.05) is 24.3 Å². The zero-order valence-corrected chi connectivity index (χ0v) is 7.83. The van der Waals surface area contributed by atoms with Crippen LogP contribution in [0.2, 0.25) is 0 Å². The summed E-state index contributed by atoms with van der Waals surface area (Å²) < 4.78 is 0. The molecule has 0 heterocycles. The highest BCUT2D eigenvalue weighted by molar-refractivity contribution is 7.80. The fraction of sp³-hybridized carbons (Fsp3) is 0.333. The molecule has 1 rings (SSSR count). The quantitative estimate of drug-likeness (QED) is 0.606. The zero-order chi connectivity index (χ0) is 9.14. The molecule has 0 amide bonds. The van der Waals surface area contributed by atoms with Gasteiger partial charge in [0, 0.05) is 4.90 Å². The van der Waals surface area contributed by atoms with Crippen molar-refractivity contribution in [3.8, 4) is 0 Å². The van der Waals surface area contributed by atoms with Gasteiger partial charge >= 0.3 is 0 Å². The molecule has 0 aliphatic carbocycles. The topological polar surface area (TPSA) is 46.2 Å². The van der Waals surface area contributed by atoms with Gasteiger partial charge < -0.3 is 10.8 Å². The molecule has 0 bridgehead atoms. The van der Waals surface area contributed by atoms with Gasteiger partial charge in [-0.3, -0.25) is 0 Å². The first-order valence-corrected chi connectivity index (χ1v) is 4.29. The summed E-state index contributed by atoms with van der Waals surface area (Å²) in [5.41, 5.74) is 6.62. The van der Waals surface area contributed by atoms with E-state index in [0.29, 0.717) is 0 Å². The van der Waals surface area contributed by atoms with E-state index in [2.05, 4.69) is 12.6 Å². The normalized spacial score (nSPS) is 15.7. The summed E-state index contributed by atoms with van der Waals surface area (Å²) in [6.07, 6.45) is -0.543. The third kappa shape index (κ3) is 2.00. The third-order valence-electron chi connectivity index (χ3n) is 1.82. The molecule has 12 heavy (non-hydrogen) atoms. The average Bonchev–Trinajstić information content (AvgIpc) is 2.04. The lowest BCUT2D eigenvalue weighted by Crippen LogP contribution is -2.23. The minimum absolute atomic E-state index is 0.348. The number of nitrogens with two attached hydrogens (primary N) is 1. The van der Waals surface area contributed by atoms with Crippen LogP contribution in [0.3, 0.4) is 0 Å². The molecule has 0 spiro atoms. The first-order valence-electron chi connectivity index (χ1n) is 3.84. The maximum Gasteiger partial charge on any atom is 0.0705 e. The molecule has 0 radical (unpaired) electrons. The Balaban J connectivity index is 2.94. The molecule has 1 aromatic carbocycles. The van der Waals surface area contributed by atoms with E-state index in [-0.39, 0.29) is 6.04 Å². The summed E-state index contributed by atoms with van der Waals surface area (Å²) in [5, 5.41) is 9.24. The van der Waals surface area contributed by atoms with E-state index in [0.717, 1.165) is 10.5 Å². The van der Waals surface area contributed by atoms with Crippen molar-refractivity contribution in [3.63, 3.8) is 0 Å². The minimum Gasteiger partial charge on any atom is -0.391 e. The van der Waals surface area contributed by atoms with Gasteiger partial charge in [-0.15, -0.1) is 12.6 Å². The highest BCUT2D eigenvalue weighted by Gasteiger charge is 2.13. The summed E-state index contributed by atoms with van der Waals surface area (Å²) >= 11 is 4.24. The van der Waals surface area contributed by atoms with Crippen LogP contribution in [0.4, 0.5) is 0 Å². The number of hydrogen-bond acceptors (Lipinski definition) is 3.